The maximum absolute atomic E-state index is 13.2. The van der Waals surface area contributed by atoms with E-state index in [1.54, 1.807) is 26.1 Å². The largest absolute Gasteiger partial charge is 0.354 e. The van der Waals surface area contributed by atoms with Crippen LogP contribution in [0.5, 0.6) is 0 Å². The van der Waals surface area contributed by atoms with Crippen molar-refractivity contribution in [2.45, 2.75) is 75.2 Å². The van der Waals surface area contributed by atoms with Gasteiger partial charge in [-0.1, -0.05) is 43.7 Å². The van der Waals surface area contributed by atoms with Gasteiger partial charge in [0.15, 0.2) is 5.16 Å². The molecule has 0 bridgehead atoms. The van der Waals surface area contributed by atoms with Crippen LogP contribution < -0.4 is 16.2 Å². The Morgan fingerprint density at radius 1 is 1.29 bits per heavy atom. The van der Waals surface area contributed by atoms with E-state index in [1.165, 1.54) is 28.5 Å². The van der Waals surface area contributed by atoms with E-state index >= 15 is 0 Å². The summed E-state index contributed by atoms with van der Waals surface area (Å²) >= 11 is 1.26. The second-order valence-corrected chi connectivity index (χ2v) is 9.89. The van der Waals surface area contributed by atoms with Gasteiger partial charge in [0.1, 0.15) is 11.9 Å². The first-order chi connectivity index (χ1) is 16.3. The first kappa shape index (κ1) is 25.9. The zero-order valence-electron chi connectivity index (χ0n) is 20.0. The van der Waals surface area contributed by atoms with Crippen LogP contribution in [0.3, 0.4) is 0 Å². The lowest BCUT2D eigenvalue weighted by atomic mass is 10.1. The van der Waals surface area contributed by atoms with E-state index in [0.29, 0.717) is 42.2 Å². The van der Waals surface area contributed by atoms with Gasteiger partial charge in [0, 0.05) is 31.3 Å². The second kappa shape index (κ2) is 12.1. The molecule has 2 amide bonds. The maximum Gasteiger partial charge on any atom is 0.257 e. The lowest BCUT2D eigenvalue weighted by Gasteiger charge is -2.21. The van der Waals surface area contributed by atoms with Crippen LogP contribution in [0.4, 0.5) is 4.39 Å². The Morgan fingerprint density at radius 2 is 2.03 bits per heavy atom. The van der Waals surface area contributed by atoms with Crippen molar-refractivity contribution in [3.05, 3.63) is 57.3 Å². The van der Waals surface area contributed by atoms with Gasteiger partial charge in [-0.25, -0.2) is 9.37 Å². The first-order valence-corrected chi connectivity index (χ1v) is 12.7. The number of amides is 2. The number of hydrogen-bond acceptors (Lipinski definition) is 5. The van der Waals surface area contributed by atoms with Gasteiger partial charge >= 0.3 is 0 Å². The van der Waals surface area contributed by atoms with Gasteiger partial charge in [-0.05, 0) is 50.3 Å². The summed E-state index contributed by atoms with van der Waals surface area (Å²) in [6.45, 7) is 4.47. The summed E-state index contributed by atoms with van der Waals surface area (Å²) in [6, 6.07) is 5.53. The molecule has 2 unspecified atom stereocenters. The average molecular weight is 489 g/mol. The zero-order valence-corrected chi connectivity index (χ0v) is 20.8. The number of nitrogens with one attached hydrogen (secondary N) is 2. The van der Waals surface area contributed by atoms with Crippen molar-refractivity contribution in [1.29, 1.82) is 0 Å². The van der Waals surface area contributed by atoms with Crippen LogP contribution in [-0.2, 0) is 23.1 Å². The van der Waals surface area contributed by atoms with Crippen LogP contribution in [-0.4, -0.2) is 39.2 Å². The van der Waals surface area contributed by atoms with Crippen LogP contribution in [0.2, 0.25) is 0 Å². The third-order valence-corrected chi connectivity index (χ3v) is 7.37. The fourth-order valence-electron chi connectivity index (χ4n) is 3.95. The molecule has 1 saturated heterocycles. The number of thioether (sulfide) groups is 1. The molecule has 0 radical (unpaired) electrons. The highest BCUT2D eigenvalue weighted by atomic mass is 32.2. The fraction of sp³-hybridized carbons (Fsp3) is 0.520. The van der Waals surface area contributed by atoms with Gasteiger partial charge in [0.05, 0.1) is 5.25 Å². The highest BCUT2D eigenvalue weighted by Gasteiger charge is 2.28. The first-order valence-electron chi connectivity index (χ1n) is 11.9. The van der Waals surface area contributed by atoms with Crippen LogP contribution in [0.1, 0.15) is 62.3 Å². The van der Waals surface area contributed by atoms with Gasteiger partial charge in [-0.3, -0.25) is 19.0 Å². The number of carbonyl (C=O) groups excluding carboxylic acids is 2. The number of hydrogen-bond donors (Lipinski definition) is 2. The lowest BCUT2D eigenvalue weighted by molar-refractivity contribution is -0.128. The molecule has 2 heterocycles. The maximum atomic E-state index is 13.2. The highest BCUT2D eigenvalue weighted by molar-refractivity contribution is 8.00. The third-order valence-electron chi connectivity index (χ3n) is 6.06. The molecular weight excluding hydrogens is 455 g/mol. The molecule has 1 aromatic carbocycles. The Balaban J connectivity index is 1.80. The molecule has 3 rings (SSSR count). The minimum absolute atomic E-state index is 0.142. The van der Waals surface area contributed by atoms with Crippen LogP contribution in [0.15, 0.2) is 34.2 Å². The Labute approximate surface area is 203 Å². The molecule has 0 saturated carbocycles. The molecule has 7 nitrogen and oxygen atoms in total. The van der Waals surface area contributed by atoms with Crippen molar-refractivity contribution in [3.63, 3.8) is 0 Å². The molecule has 1 aromatic heterocycles. The van der Waals surface area contributed by atoms with E-state index in [1.807, 2.05) is 0 Å². The predicted octanol–water partition coefficient (Wildman–Crippen LogP) is 3.25. The predicted molar refractivity (Wildman–Crippen MR) is 131 cm³/mol. The van der Waals surface area contributed by atoms with Crippen molar-refractivity contribution < 1.29 is 14.0 Å². The van der Waals surface area contributed by atoms with E-state index in [2.05, 4.69) is 22.5 Å². The fourth-order valence-corrected chi connectivity index (χ4v) is 5.09. The summed E-state index contributed by atoms with van der Waals surface area (Å²) in [5.41, 5.74) is 1.78. The van der Waals surface area contributed by atoms with E-state index in [9.17, 15) is 18.8 Å². The smallest absolute Gasteiger partial charge is 0.257 e. The number of carbonyl (C=O) groups is 2. The zero-order chi connectivity index (χ0) is 24.7. The van der Waals surface area contributed by atoms with E-state index in [0.717, 1.165) is 31.2 Å². The van der Waals surface area contributed by atoms with Gasteiger partial charge in [0.25, 0.3) is 5.56 Å². The second-order valence-electron chi connectivity index (χ2n) is 8.72. The Morgan fingerprint density at radius 3 is 2.74 bits per heavy atom. The standard InChI is InChI=1S/C25H33FN4O3S/c1-4-5-9-21(23(32)29-20-8-6-7-14-27-22(20)31)34-25-28-16(2)19(24(33)30(25)3)15-17-10-12-18(26)13-11-17/h10-13,20-21H,4-9,14-15H2,1-3H3,(H,27,31)(H,29,32). The summed E-state index contributed by atoms with van der Waals surface area (Å²) in [4.78, 5) is 43.2. The van der Waals surface area contributed by atoms with Gasteiger partial charge in [0.2, 0.25) is 11.8 Å². The van der Waals surface area contributed by atoms with Crippen LogP contribution in [0.25, 0.3) is 0 Å². The van der Waals surface area contributed by atoms with Crippen molar-refractivity contribution >= 4 is 23.6 Å². The molecule has 1 aliphatic heterocycles. The van der Waals surface area contributed by atoms with E-state index in [4.69, 9.17) is 0 Å². The average Bonchev–Trinajstić information content (AvgIpc) is 3.02. The SMILES string of the molecule is CCCCC(Sc1nc(C)c(Cc2ccc(F)cc2)c(=O)n1C)C(=O)NC1CCCCNC1=O. The Kier molecular flexibility index (Phi) is 9.27. The van der Waals surface area contributed by atoms with Crippen LogP contribution >= 0.6 is 11.8 Å². The number of halogens is 1. The summed E-state index contributed by atoms with van der Waals surface area (Å²) in [5, 5.41) is 5.77. The molecule has 1 fully saturated rings. The number of benzene rings is 1. The normalized spacial score (nSPS) is 17.1. The third kappa shape index (κ3) is 6.68. The highest BCUT2D eigenvalue weighted by Crippen LogP contribution is 2.26. The molecule has 0 aliphatic carbocycles. The molecule has 34 heavy (non-hydrogen) atoms. The van der Waals surface area contributed by atoms with Crippen LogP contribution in [0, 0.1) is 12.7 Å². The van der Waals surface area contributed by atoms with E-state index < -0.39 is 11.3 Å². The number of aryl methyl sites for hydroxylation is 1. The van der Waals surface area contributed by atoms with Gasteiger partial charge in [-0.2, -0.15) is 0 Å². The monoisotopic (exact) mass is 488 g/mol. The molecular formula is C25H33FN4O3S. The lowest BCUT2D eigenvalue weighted by Crippen LogP contribution is -2.48. The summed E-state index contributed by atoms with van der Waals surface area (Å²) in [7, 11) is 1.65. The van der Waals surface area contributed by atoms with Crippen molar-refractivity contribution in [2.75, 3.05) is 6.54 Å². The number of nitrogens with zero attached hydrogens (tertiary/aromatic N) is 2. The molecule has 2 N–H and O–H groups in total. The van der Waals surface area contributed by atoms with Gasteiger partial charge < -0.3 is 10.6 Å². The number of unbranched alkanes of at least 4 members (excludes halogenated alkanes) is 1. The van der Waals surface area contributed by atoms with Crippen molar-refractivity contribution in [2.24, 2.45) is 7.05 Å². The molecule has 184 valence electrons. The minimum Gasteiger partial charge on any atom is -0.354 e. The Hall–Kier alpha value is -2.68. The molecule has 2 atom stereocenters. The summed E-state index contributed by atoms with van der Waals surface area (Å²) in [5.74, 6) is -0.671. The quantitative estimate of drug-likeness (QED) is 0.418. The number of aromatic nitrogens is 2. The van der Waals surface area contributed by atoms with Crippen molar-refractivity contribution in [3.8, 4) is 0 Å². The minimum atomic E-state index is -0.531. The molecule has 1 aliphatic rings. The molecule has 0 spiro atoms. The molecule has 2 aromatic rings. The summed E-state index contributed by atoms with van der Waals surface area (Å²) in [6.07, 6.45) is 5.15. The van der Waals surface area contributed by atoms with Gasteiger partial charge in [-0.15, -0.1) is 0 Å². The Bertz CT molecular complexity index is 1070. The van der Waals surface area contributed by atoms with Crippen molar-refractivity contribution in [1.82, 2.24) is 20.2 Å². The summed E-state index contributed by atoms with van der Waals surface area (Å²) < 4.78 is 14.7. The number of rotatable bonds is 9. The topological polar surface area (TPSA) is 93.1 Å². The van der Waals surface area contributed by atoms with E-state index in [-0.39, 0.29) is 23.2 Å². The molecule has 9 heteroatoms.